The summed E-state index contributed by atoms with van der Waals surface area (Å²) < 4.78 is 10.7. The van der Waals surface area contributed by atoms with E-state index in [-0.39, 0.29) is 30.6 Å². The fourth-order valence-corrected chi connectivity index (χ4v) is 4.85. The minimum absolute atomic E-state index is 0.0388. The van der Waals surface area contributed by atoms with Crippen LogP contribution in [-0.4, -0.2) is 74.3 Å². The van der Waals surface area contributed by atoms with Gasteiger partial charge in [-0.1, -0.05) is 51.1 Å². The first-order chi connectivity index (χ1) is 23.9. The summed E-state index contributed by atoms with van der Waals surface area (Å²) in [6.07, 6.45) is -0.148. The molecule has 0 saturated heterocycles. The van der Waals surface area contributed by atoms with E-state index in [0.717, 1.165) is 0 Å². The quantitative estimate of drug-likeness (QED) is 0.0963. The zero-order valence-corrected chi connectivity index (χ0v) is 31.2. The average molecular weight is 729 g/mol. The van der Waals surface area contributed by atoms with Gasteiger partial charge in [0.15, 0.2) is 0 Å². The Morgan fingerprint density at radius 1 is 0.750 bits per heavy atom. The number of carboxylic acid groups (broad SMARTS) is 2. The number of carbonyl (C=O) groups excluding carboxylic acids is 4. The number of benzene rings is 1. The number of carboxylic acids is 2. The molecule has 2 unspecified atom stereocenters. The van der Waals surface area contributed by atoms with Gasteiger partial charge in [-0.15, -0.1) is 0 Å². The molecule has 0 spiro atoms. The van der Waals surface area contributed by atoms with Crippen molar-refractivity contribution in [2.45, 2.75) is 105 Å². The number of anilines is 1. The molecule has 0 aliphatic heterocycles. The van der Waals surface area contributed by atoms with Gasteiger partial charge in [0, 0.05) is 6.20 Å². The monoisotopic (exact) mass is 728 g/mol. The number of aromatic nitrogens is 1. The van der Waals surface area contributed by atoms with Crippen molar-refractivity contribution < 1.29 is 48.5 Å². The van der Waals surface area contributed by atoms with Crippen molar-refractivity contribution in [1.29, 1.82) is 0 Å². The van der Waals surface area contributed by atoms with Crippen molar-refractivity contribution >= 4 is 41.6 Å². The van der Waals surface area contributed by atoms with Crippen molar-refractivity contribution in [2.75, 3.05) is 5.43 Å². The Hall–Kier alpha value is -5.25. The summed E-state index contributed by atoms with van der Waals surface area (Å²) in [7, 11) is 0. The van der Waals surface area contributed by atoms with Crippen LogP contribution in [0.3, 0.4) is 0 Å². The number of hydrogen-bond acceptors (Lipinski definition) is 11. The molecule has 16 heteroatoms. The van der Waals surface area contributed by atoms with Crippen LogP contribution in [0, 0.1) is 17.3 Å². The predicted octanol–water partition coefficient (Wildman–Crippen LogP) is 3.83. The highest BCUT2D eigenvalue weighted by molar-refractivity contribution is 5.94. The minimum atomic E-state index is -1.44. The lowest BCUT2D eigenvalue weighted by Crippen LogP contribution is -2.57. The van der Waals surface area contributed by atoms with Gasteiger partial charge >= 0.3 is 24.0 Å². The molecule has 0 fully saturated rings. The second-order valence-corrected chi connectivity index (χ2v) is 15.4. The lowest BCUT2D eigenvalue weighted by Gasteiger charge is -2.31. The predicted molar refractivity (Wildman–Crippen MR) is 190 cm³/mol. The van der Waals surface area contributed by atoms with Crippen LogP contribution in [0.4, 0.5) is 10.6 Å². The third-order valence-corrected chi connectivity index (χ3v) is 7.41. The first-order valence-corrected chi connectivity index (χ1v) is 16.7. The number of rotatable bonds is 16. The van der Waals surface area contributed by atoms with Crippen LogP contribution in [0.25, 0.3) is 0 Å². The number of amides is 3. The standard InChI is InChI=1S/C36H52N6O10/c1-34(2,3)24(31(47)48)19-25(39-41-28(43)22-15-16-27(37-20-22)40-42-33(50)52-36(7,8)9)29(44)38-26(32(49)51-35(4,5)6)18-23(30(45)46)17-21-13-11-10-12-14-21/h10-16,20,23-26,39H,17-19H2,1-9H3,(H,37,40)(H,38,44)(H,41,43)(H,42,50)(H,45,46)(H,47,48)/t23?,24?,25-,26-/m0/s1. The Labute approximate surface area is 303 Å². The number of nitrogens with zero attached hydrogens (tertiary/aromatic N) is 1. The highest BCUT2D eigenvalue weighted by Gasteiger charge is 2.38. The molecule has 1 heterocycles. The maximum Gasteiger partial charge on any atom is 0.426 e. The number of hydrogen-bond donors (Lipinski definition) is 7. The van der Waals surface area contributed by atoms with Gasteiger partial charge in [-0.2, -0.15) is 0 Å². The summed E-state index contributed by atoms with van der Waals surface area (Å²) in [5, 5.41) is 22.7. The van der Waals surface area contributed by atoms with Crippen molar-refractivity contribution in [3.63, 3.8) is 0 Å². The van der Waals surface area contributed by atoms with Gasteiger partial charge in [-0.25, -0.2) is 25.4 Å². The molecule has 4 atom stereocenters. The summed E-state index contributed by atoms with van der Waals surface area (Å²) >= 11 is 0. The van der Waals surface area contributed by atoms with Crippen molar-refractivity contribution in [2.24, 2.45) is 17.3 Å². The Kier molecular flexibility index (Phi) is 15.1. The molecule has 0 radical (unpaired) electrons. The number of aliphatic carboxylic acids is 2. The van der Waals surface area contributed by atoms with E-state index in [1.807, 2.05) is 0 Å². The summed E-state index contributed by atoms with van der Waals surface area (Å²) in [5.41, 5.74) is 8.09. The third kappa shape index (κ3) is 15.3. The summed E-state index contributed by atoms with van der Waals surface area (Å²) in [5.74, 6) is -6.89. The smallest absolute Gasteiger partial charge is 0.426 e. The topological polar surface area (TPSA) is 234 Å². The molecule has 7 N–H and O–H groups in total. The van der Waals surface area contributed by atoms with Crippen LogP contribution in [0.1, 0.15) is 91.1 Å². The molecular formula is C36H52N6O10. The van der Waals surface area contributed by atoms with Gasteiger partial charge in [-0.05, 0) is 83.9 Å². The SMILES string of the molecule is CC(C)(C)OC(=O)NNc1ccc(C(=O)NN[C@@H](CC(C(=O)O)C(C)(C)C)C(=O)N[C@@H](CC(Cc2ccccc2)C(=O)O)C(=O)OC(C)(C)C)cn1. The number of ether oxygens (including phenoxy) is 2. The Bertz CT molecular complexity index is 1550. The molecule has 1 aromatic heterocycles. The molecule has 52 heavy (non-hydrogen) atoms. The fourth-order valence-electron chi connectivity index (χ4n) is 4.85. The van der Waals surface area contributed by atoms with Crippen LogP contribution in [0.2, 0.25) is 0 Å². The van der Waals surface area contributed by atoms with Crippen molar-refractivity contribution in [1.82, 2.24) is 26.6 Å². The van der Waals surface area contributed by atoms with Gasteiger partial charge in [0.1, 0.15) is 29.1 Å². The van der Waals surface area contributed by atoms with E-state index in [9.17, 15) is 39.0 Å². The van der Waals surface area contributed by atoms with Gasteiger partial charge in [0.2, 0.25) is 5.91 Å². The van der Waals surface area contributed by atoms with E-state index in [1.54, 1.807) is 92.6 Å². The molecule has 0 bridgehead atoms. The molecule has 3 amide bonds. The van der Waals surface area contributed by atoms with Crippen LogP contribution in [-0.2, 0) is 35.1 Å². The molecule has 1 aromatic carbocycles. The maximum absolute atomic E-state index is 13.9. The number of carbonyl (C=O) groups is 6. The molecule has 0 saturated carbocycles. The van der Waals surface area contributed by atoms with E-state index in [0.29, 0.717) is 5.56 Å². The summed E-state index contributed by atoms with van der Waals surface area (Å²) in [6.45, 7) is 15.0. The zero-order valence-electron chi connectivity index (χ0n) is 31.2. The van der Waals surface area contributed by atoms with Crippen LogP contribution < -0.4 is 27.0 Å². The lowest BCUT2D eigenvalue weighted by molar-refractivity contribution is -0.160. The van der Waals surface area contributed by atoms with Crippen LogP contribution in [0.5, 0.6) is 0 Å². The normalized spacial score (nSPS) is 14.1. The number of esters is 1. The Balaban J connectivity index is 2.31. The Morgan fingerprint density at radius 3 is 1.87 bits per heavy atom. The highest BCUT2D eigenvalue weighted by atomic mass is 16.6. The Morgan fingerprint density at radius 2 is 1.37 bits per heavy atom. The van der Waals surface area contributed by atoms with Crippen molar-refractivity contribution in [3.05, 3.63) is 59.8 Å². The van der Waals surface area contributed by atoms with Crippen LogP contribution in [0.15, 0.2) is 48.7 Å². The van der Waals surface area contributed by atoms with Crippen LogP contribution >= 0.6 is 0 Å². The largest absolute Gasteiger partial charge is 0.481 e. The summed E-state index contributed by atoms with van der Waals surface area (Å²) in [4.78, 5) is 81.0. The molecule has 0 aliphatic rings. The maximum atomic E-state index is 13.9. The van der Waals surface area contributed by atoms with E-state index in [2.05, 4.69) is 32.0 Å². The molecule has 0 aliphatic carbocycles. The first-order valence-electron chi connectivity index (χ1n) is 16.7. The van der Waals surface area contributed by atoms with Gasteiger partial charge in [0.05, 0.1) is 17.4 Å². The summed E-state index contributed by atoms with van der Waals surface area (Å²) in [6, 6.07) is 8.73. The molecule has 16 nitrogen and oxygen atoms in total. The number of pyridine rings is 1. The highest BCUT2D eigenvalue weighted by Crippen LogP contribution is 2.30. The molecule has 2 rings (SSSR count). The van der Waals surface area contributed by atoms with Gasteiger partial charge < -0.3 is 25.0 Å². The number of hydrazine groups is 2. The van der Waals surface area contributed by atoms with E-state index in [1.165, 1.54) is 18.3 Å². The average Bonchev–Trinajstić information content (AvgIpc) is 3.01. The van der Waals surface area contributed by atoms with Gasteiger partial charge in [0.25, 0.3) is 5.91 Å². The first kappa shape index (κ1) is 42.9. The minimum Gasteiger partial charge on any atom is -0.481 e. The third-order valence-electron chi connectivity index (χ3n) is 7.41. The number of nitrogens with one attached hydrogen (secondary N) is 5. The van der Waals surface area contributed by atoms with Crippen molar-refractivity contribution in [3.8, 4) is 0 Å². The fraction of sp³-hybridized carbons (Fsp3) is 0.528. The second kappa shape index (κ2) is 18.3. The second-order valence-electron chi connectivity index (χ2n) is 15.4. The molecule has 2 aromatic rings. The van der Waals surface area contributed by atoms with E-state index >= 15 is 0 Å². The van der Waals surface area contributed by atoms with Gasteiger partial charge in [-0.3, -0.25) is 30.0 Å². The molecule has 286 valence electrons. The van der Waals surface area contributed by atoms with E-state index < -0.39 is 76.4 Å². The lowest BCUT2D eigenvalue weighted by atomic mass is 9.77. The molecular weight excluding hydrogens is 676 g/mol. The zero-order chi connectivity index (χ0) is 39.4. The van der Waals surface area contributed by atoms with E-state index in [4.69, 9.17) is 9.47 Å².